The van der Waals surface area contributed by atoms with Crippen LogP contribution < -0.4 is 5.32 Å². The van der Waals surface area contributed by atoms with Crippen LogP contribution >= 0.6 is 34.3 Å². The third-order valence-electron chi connectivity index (χ3n) is 4.17. The zero-order valence-corrected chi connectivity index (χ0v) is 15.2. The Balaban J connectivity index is 1.53. The van der Waals surface area contributed by atoms with Gasteiger partial charge in [-0.05, 0) is 55.0 Å². The zero-order valence-electron chi connectivity index (χ0n) is 12.8. The topological polar surface area (TPSA) is 42.0 Å². The number of thiazole rings is 1. The quantitative estimate of drug-likeness (QED) is 0.643. The largest absolute Gasteiger partial charge is 0.297 e. The second-order valence-electron chi connectivity index (χ2n) is 5.79. The molecule has 1 aliphatic carbocycles. The van der Waals surface area contributed by atoms with E-state index in [1.54, 1.807) is 12.1 Å². The molecule has 1 N–H and O–H groups in total. The van der Waals surface area contributed by atoms with Crippen molar-refractivity contribution in [3.05, 3.63) is 56.1 Å². The standard InChI is InChI=1S/C18H15ClN2OS2/c19-16-8-7-15(24-16)17(22)21-18-20-14(10-23-18)13-6-5-11-3-1-2-4-12(11)9-13/h5-10H,1-4H2,(H,20,21,22). The Hall–Kier alpha value is -1.69. The van der Waals surface area contributed by atoms with Gasteiger partial charge in [-0.2, -0.15) is 0 Å². The van der Waals surface area contributed by atoms with Crippen LogP contribution in [0.25, 0.3) is 11.3 Å². The van der Waals surface area contributed by atoms with Gasteiger partial charge in [0.1, 0.15) is 0 Å². The molecule has 1 amide bonds. The number of amides is 1. The van der Waals surface area contributed by atoms with E-state index in [0.717, 1.165) is 17.7 Å². The molecule has 6 heteroatoms. The molecule has 3 aromatic rings. The van der Waals surface area contributed by atoms with Crippen LogP contribution in [0.4, 0.5) is 5.13 Å². The van der Waals surface area contributed by atoms with Gasteiger partial charge in [-0.15, -0.1) is 22.7 Å². The number of aromatic nitrogens is 1. The number of hydrogen-bond acceptors (Lipinski definition) is 4. The molecular weight excluding hydrogens is 360 g/mol. The van der Waals surface area contributed by atoms with E-state index in [1.807, 2.05) is 5.38 Å². The maximum absolute atomic E-state index is 12.2. The van der Waals surface area contributed by atoms with E-state index >= 15 is 0 Å². The number of nitrogens with zero attached hydrogens (tertiary/aromatic N) is 1. The van der Waals surface area contributed by atoms with Crippen LogP contribution in [0.2, 0.25) is 4.34 Å². The van der Waals surface area contributed by atoms with E-state index in [0.29, 0.717) is 14.3 Å². The molecular formula is C18H15ClN2OS2. The maximum atomic E-state index is 12.2. The lowest BCUT2D eigenvalue weighted by Crippen LogP contribution is -2.09. The summed E-state index contributed by atoms with van der Waals surface area (Å²) in [6, 6.07) is 10.0. The van der Waals surface area contributed by atoms with Crippen LogP contribution in [0.3, 0.4) is 0 Å². The van der Waals surface area contributed by atoms with Gasteiger partial charge in [-0.25, -0.2) is 4.98 Å². The number of thiophene rings is 1. The maximum Gasteiger partial charge on any atom is 0.267 e. The number of fused-ring (bicyclic) bond motifs is 1. The summed E-state index contributed by atoms with van der Waals surface area (Å²) in [4.78, 5) is 17.3. The molecule has 0 aliphatic heterocycles. The Morgan fingerprint density at radius 1 is 1.12 bits per heavy atom. The van der Waals surface area contributed by atoms with E-state index in [-0.39, 0.29) is 5.91 Å². The van der Waals surface area contributed by atoms with Gasteiger partial charge in [0.25, 0.3) is 5.91 Å². The first-order valence-electron chi connectivity index (χ1n) is 7.83. The monoisotopic (exact) mass is 374 g/mol. The van der Waals surface area contributed by atoms with E-state index in [2.05, 4.69) is 28.5 Å². The molecule has 0 unspecified atom stereocenters. The van der Waals surface area contributed by atoms with Gasteiger partial charge in [-0.1, -0.05) is 23.7 Å². The SMILES string of the molecule is O=C(Nc1nc(-c2ccc3c(c2)CCCC3)cs1)c1ccc(Cl)s1. The first-order chi connectivity index (χ1) is 11.7. The fraction of sp³-hybridized carbons (Fsp3) is 0.222. The molecule has 1 aliphatic rings. The van der Waals surface area contributed by atoms with Crippen molar-refractivity contribution in [2.24, 2.45) is 0 Å². The van der Waals surface area contributed by atoms with Gasteiger partial charge in [0.15, 0.2) is 5.13 Å². The molecule has 122 valence electrons. The number of carbonyl (C=O) groups excluding carboxylic acids is 1. The predicted molar refractivity (Wildman–Crippen MR) is 101 cm³/mol. The van der Waals surface area contributed by atoms with Crippen LogP contribution in [0.5, 0.6) is 0 Å². The van der Waals surface area contributed by atoms with Crippen molar-refractivity contribution in [2.75, 3.05) is 5.32 Å². The van der Waals surface area contributed by atoms with Crippen LogP contribution in [0, 0.1) is 0 Å². The summed E-state index contributed by atoms with van der Waals surface area (Å²) < 4.78 is 0.606. The summed E-state index contributed by atoms with van der Waals surface area (Å²) in [5.74, 6) is -0.168. The normalized spacial score (nSPS) is 13.5. The van der Waals surface area contributed by atoms with Crippen molar-refractivity contribution in [1.29, 1.82) is 0 Å². The number of nitrogens with one attached hydrogen (secondary N) is 1. The number of carbonyl (C=O) groups is 1. The highest BCUT2D eigenvalue weighted by molar-refractivity contribution is 7.18. The summed E-state index contributed by atoms with van der Waals surface area (Å²) in [6.45, 7) is 0. The fourth-order valence-corrected chi connectivity index (χ4v) is 4.60. The molecule has 24 heavy (non-hydrogen) atoms. The van der Waals surface area contributed by atoms with Crippen LogP contribution in [-0.4, -0.2) is 10.9 Å². The predicted octanol–water partition coefficient (Wildman–Crippen LogP) is 5.66. The van der Waals surface area contributed by atoms with Gasteiger partial charge < -0.3 is 0 Å². The molecule has 4 rings (SSSR count). The number of hydrogen-bond donors (Lipinski definition) is 1. The molecule has 2 aromatic heterocycles. The molecule has 2 heterocycles. The highest BCUT2D eigenvalue weighted by Gasteiger charge is 2.14. The average Bonchev–Trinajstić information content (AvgIpc) is 3.23. The van der Waals surface area contributed by atoms with Crippen molar-refractivity contribution >= 4 is 45.3 Å². The summed E-state index contributed by atoms with van der Waals surface area (Å²) in [5, 5.41) is 5.44. The van der Waals surface area contributed by atoms with E-state index in [4.69, 9.17) is 11.6 Å². The van der Waals surface area contributed by atoms with Crippen LogP contribution in [0.15, 0.2) is 35.7 Å². The van der Waals surface area contributed by atoms with E-state index in [9.17, 15) is 4.79 Å². The number of rotatable bonds is 3. The number of aryl methyl sites for hydroxylation is 2. The van der Waals surface area contributed by atoms with Crippen molar-refractivity contribution < 1.29 is 4.79 Å². The number of benzene rings is 1. The van der Waals surface area contributed by atoms with Crippen molar-refractivity contribution in [3.8, 4) is 11.3 Å². The first-order valence-corrected chi connectivity index (χ1v) is 9.91. The lowest BCUT2D eigenvalue weighted by Gasteiger charge is -2.16. The fourth-order valence-electron chi connectivity index (χ4n) is 2.95. The highest BCUT2D eigenvalue weighted by Crippen LogP contribution is 2.30. The molecule has 0 spiro atoms. The van der Waals surface area contributed by atoms with E-state index in [1.165, 1.54) is 53.1 Å². The minimum atomic E-state index is -0.168. The molecule has 0 fully saturated rings. The third kappa shape index (κ3) is 3.24. The lowest BCUT2D eigenvalue weighted by molar-refractivity contribution is 0.103. The van der Waals surface area contributed by atoms with E-state index < -0.39 is 0 Å². The van der Waals surface area contributed by atoms with Crippen molar-refractivity contribution in [1.82, 2.24) is 4.98 Å². The summed E-state index contributed by atoms with van der Waals surface area (Å²) in [6.07, 6.45) is 4.87. The zero-order chi connectivity index (χ0) is 16.5. The Morgan fingerprint density at radius 2 is 1.96 bits per heavy atom. The highest BCUT2D eigenvalue weighted by atomic mass is 35.5. The second kappa shape index (κ2) is 6.67. The number of anilines is 1. The van der Waals surface area contributed by atoms with Crippen LogP contribution in [0.1, 0.15) is 33.6 Å². The van der Waals surface area contributed by atoms with Gasteiger partial charge in [0.05, 0.1) is 14.9 Å². The molecule has 1 aromatic carbocycles. The lowest BCUT2D eigenvalue weighted by atomic mass is 9.90. The molecule has 0 radical (unpaired) electrons. The minimum Gasteiger partial charge on any atom is -0.297 e. The molecule has 0 saturated carbocycles. The molecule has 0 atom stereocenters. The summed E-state index contributed by atoms with van der Waals surface area (Å²) >= 11 is 8.58. The van der Waals surface area contributed by atoms with Crippen LogP contribution in [-0.2, 0) is 12.8 Å². The Kier molecular flexibility index (Phi) is 4.39. The smallest absolute Gasteiger partial charge is 0.267 e. The van der Waals surface area contributed by atoms with Gasteiger partial charge in [0, 0.05) is 10.9 Å². The molecule has 3 nitrogen and oxygen atoms in total. The van der Waals surface area contributed by atoms with Crippen molar-refractivity contribution in [2.45, 2.75) is 25.7 Å². The third-order valence-corrected chi connectivity index (χ3v) is 6.15. The summed E-state index contributed by atoms with van der Waals surface area (Å²) in [5.41, 5.74) is 4.92. The van der Waals surface area contributed by atoms with Gasteiger partial charge in [-0.3, -0.25) is 10.1 Å². The van der Waals surface area contributed by atoms with Crippen molar-refractivity contribution in [3.63, 3.8) is 0 Å². The molecule has 0 bridgehead atoms. The van der Waals surface area contributed by atoms with Gasteiger partial charge in [0.2, 0.25) is 0 Å². The number of halogens is 1. The summed E-state index contributed by atoms with van der Waals surface area (Å²) in [7, 11) is 0. The average molecular weight is 375 g/mol. The Bertz CT molecular complexity index is 900. The Morgan fingerprint density at radius 3 is 2.75 bits per heavy atom. The minimum absolute atomic E-state index is 0.168. The van der Waals surface area contributed by atoms with Gasteiger partial charge >= 0.3 is 0 Å². The molecule has 0 saturated heterocycles. The Labute approximate surface area is 153 Å². The first kappa shape index (κ1) is 15.8. The second-order valence-corrected chi connectivity index (χ2v) is 8.36.